The van der Waals surface area contributed by atoms with Crippen molar-refractivity contribution in [2.75, 3.05) is 0 Å². The van der Waals surface area contributed by atoms with Crippen molar-refractivity contribution < 1.29 is 9.53 Å². The topological polar surface area (TPSA) is 50.1 Å². The molecular formula is C26H35NO2. The van der Waals surface area contributed by atoms with Crippen LogP contribution in [0.15, 0.2) is 36.4 Å². The molecule has 2 aliphatic rings. The van der Waals surface area contributed by atoms with Gasteiger partial charge in [-0.15, -0.1) is 0 Å². The Balaban J connectivity index is 1.40. The molecule has 0 aromatic heterocycles. The van der Waals surface area contributed by atoms with Crippen molar-refractivity contribution in [1.29, 1.82) is 5.26 Å². The van der Waals surface area contributed by atoms with Crippen LogP contribution in [0.2, 0.25) is 0 Å². The van der Waals surface area contributed by atoms with Gasteiger partial charge in [0.05, 0.1) is 12.0 Å². The van der Waals surface area contributed by atoms with E-state index in [0.717, 1.165) is 51.4 Å². The average Bonchev–Trinajstić information content (AvgIpc) is 2.77. The molecule has 0 N–H and O–H groups in total. The standard InChI is InChI=1S/C26H35NO2/c1-2-3-5-20-7-11-22(12-8-20)23-13-15-24(16-14-23)26(28)29-25-17-9-21(10-18-25)6-4-19-27/h4,6-8,11-12,21,23-25H,2-3,5,9-10,13-18H2,1H3/b6-4+. The van der Waals surface area contributed by atoms with Gasteiger partial charge in [0.2, 0.25) is 0 Å². The maximum absolute atomic E-state index is 12.6. The minimum atomic E-state index is 0.0226. The smallest absolute Gasteiger partial charge is 0.309 e. The van der Waals surface area contributed by atoms with Gasteiger partial charge in [-0.2, -0.15) is 5.26 Å². The van der Waals surface area contributed by atoms with Crippen LogP contribution in [0.1, 0.15) is 88.2 Å². The van der Waals surface area contributed by atoms with E-state index in [1.165, 1.54) is 30.4 Å². The molecule has 0 aliphatic heterocycles. The SMILES string of the molecule is CCCCc1ccc(C2CCC(C(=O)OC3CCC(/C=C/C#N)CC3)CC2)cc1. The highest BCUT2D eigenvalue weighted by Crippen LogP contribution is 2.37. The second-order valence-electron chi connectivity index (χ2n) is 8.86. The number of nitrogens with zero attached hydrogens (tertiary/aromatic N) is 1. The summed E-state index contributed by atoms with van der Waals surface area (Å²) in [7, 11) is 0. The highest BCUT2D eigenvalue weighted by Gasteiger charge is 2.30. The lowest BCUT2D eigenvalue weighted by Gasteiger charge is -2.31. The number of aryl methyl sites for hydroxylation is 1. The third-order valence-electron chi connectivity index (χ3n) is 6.78. The summed E-state index contributed by atoms with van der Waals surface area (Å²) in [5.41, 5.74) is 2.87. The van der Waals surface area contributed by atoms with Crippen LogP contribution in [0.5, 0.6) is 0 Å². The van der Waals surface area contributed by atoms with E-state index in [4.69, 9.17) is 10.00 Å². The lowest BCUT2D eigenvalue weighted by Crippen LogP contribution is -2.29. The summed E-state index contributed by atoms with van der Waals surface area (Å²) in [4.78, 5) is 12.6. The van der Waals surface area contributed by atoms with E-state index in [-0.39, 0.29) is 18.0 Å². The molecule has 156 valence electrons. The molecule has 1 aromatic rings. The van der Waals surface area contributed by atoms with Gasteiger partial charge < -0.3 is 4.74 Å². The normalized spacial score (nSPS) is 27.4. The zero-order chi connectivity index (χ0) is 20.5. The Hall–Kier alpha value is -2.08. The van der Waals surface area contributed by atoms with Gasteiger partial charge in [0.25, 0.3) is 0 Å². The minimum absolute atomic E-state index is 0.0226. The largest absolute Gasteiger partial charge is 0.462 e. The fourth-order valence-corrected chi connectivity index (χ4v) is 4.84. The summed E-state index contributed by atoms with van der Waals surface area (Å²) in [6.45, 7) is 2.23. The summed E-state index contributed by atoms with van der Waals surface area (Å²) in [6, 6.07) is 11.2. The van der Waals surface area contributed by atoms with Gasteiger partial charge in [-0.25, -0.2) is 0 Å². The number of allylic oxidation sites excluding steroid dienone is 2. The van der Waals surface area contributed by atoms with Crippen molar-refractivity contribution in [2.24, 2.45) is 11.8 Å². The summed E-state index contributed by atoms with van der Waals surface area (Å²) in [5.74, 6) is 1.15. The quantitative estimate of drug-likeness (QED) is 0.393. The predicted molar refractivity (Wildman–Crippen MR) is 116 cm³/mol. The molecule has 0 atom stereocenters. The molecule has 29 heavy (non-hydrogen) atoms. The average molecular weight is 394 g/mol. The molecule has 3 heteroatoms. The van der Waals surface area contributed by atoms with E-state index < -0.39 is 0 Å². The zero-order valence-electron chi connectivity index (χ0n) is 17.8. The van der Waals surface area contributed by atoms with Gasteiger partial charge in [-0.1, -0.05) is 43.7 Å². The number of benzene rings is 1. The molecule has 0 bridgehead atoms. The van der Waals surface area contributed by atoms with Crippen LogP contribution in [-0.2, 0) is 16.0 Å². The number of rotatable bonds is 7. The molecule has 0 saturated heterocycles. The molecule has 0 spiro atoms. The zero-order valence-corrected chi connectivity index (χ0v) is 17.8. The second kappa shape index (κ2) is 11.2. The Bertz CT molecular complexity index is 699. The van der Waals surface area contributed by atoms with Crippen molar-refractivity contribution >= 4 is 5.97 Å². The first-order valence-corrected chi connectivity index (χ1v) is 11.5. The predicted octanol–water partition coefficient (Wildman–Crippen LogP) is 6.48. The van der Waals surface area contributed by atoms with E-state index in [9.17, 15) is 4.79 Å². The van der Waals surface area contributed by atoms with Gasteiger partial charge in [0.1, 0.15) is 6.10 Å². The van der Waals surface area contributed by atoms with Gasteiger partial charge in [0.15, 0.2) is 0 Å². The van der Waals surface area contributed by atoms with Crippen LogP contribution in [0.3, 0.4) is 0 Å². The molecule has 2 fully saturated rings. The maximum atomic E-state index is 12.6. The fourth-order valence-electron chi connectivity index (χ4n) is 4.84. The summed E-state index contributed by atoms with van der Waals surface area (Å²) in [6.07, 6.45) is 15.2. The molecule has 3 nitrogen and oxygen atoms in total. The molecule has 0 amide bonds. The summed E-state index contributed by atoms with van der Waals surface area (Å²) < 4.78 is 5.85. The third kappa shape index (κ3) is 6.46. The number of nitriles is 1. The van der Waals surface area contributed by atoms with Crippen LogP contribution in [0.25, 0.3) is 0 Å². The Labute approximate surface area is 176 Å². The molecule has 2 saturated carbocycles. The maximum Gasteiger partial charge on any atom is 0.309 e. The number of hydrogen-bond donors (Lipinski definition) is 0. The first kappa shape index (κ1) is 21.6. The number of hydrogen-bond acceptors (Lipinski definition) is 3. The first-order chi connectivity index (χ1) is 14.2. The summed E-state index contributed by atoms with van der Waals surface area (Å²) in [5, 5.41) is 8.64. The van der Waals surface area contributed by atoms with Crippen LogP contribution in [0.4, 0.5) is 0 Å². The van der Waals surface area contributed by atoms with E-state index in [1.807, 2.05) is 6.08 Å². The van der Waals surface area contributed by atoms with E-state index >= 15 is 0 Å². The minimum Gasteiger partial charge on any atom is -0.462 e. The number of unbranched alkanes of at least 4 members (excludes halogenated alkanes) is 1. The second-order valence-corrected chi connectivity index (χ2v) is 8.86. The molecule has 0 unspecified atom stereocenters. The van der Waals surface area contributed by atoms with E-state index in [2.05, 4.69) is 37.3 Å². The van der Waals surface area contributed by atoms with Gasteiger partial charge >= 0.3 is 5.97 Å². The van der Waals surface area contributed by atoms with Gasteiger partial charge in [-0.05, 0) is 87.2 Å². The van der Waals surface area contributed by atoms with Crippen LogP contribution < -0.4 is 0 Å². The third-order valence-corrected chi connectivity index (χ3v) is 6.78. The highest BCUT2D eigenvalue weighted by atomic mass is 16.5. The Morgan fingerprint density at radius 1 is 1.07 bits per heavy atom. The number of ether oxygens (including phenoxy) is 1. The lowest BCUT2D eigenvalue weighted by molar-refractivity contribution is -0.157. The Kier molecular flexibility index (Phi) is 8.35. The monoisotopic (exact) mass is 393 g/mol. The van der Waals surface area contributed by atoms with E-state index in [1.54, 1.807) is 6.08 Å². The van der Waals surface area contributed by atoms with Crippen LogP contribution in [0, 0.1) is 23.2 Å². The Morgan fingerprint density at radius 3 is 2.38 bits per heavy atom. The summed E-state index contributed by atoms with van der Waals surface area (Å²) >= 11 is 0. The van der Waals surface area contributed by atoms with Crippen molar-refractivity contribution in [3.8, 4) is 6.07 Å². The van der Waals surface area contributed by atoms with Crippen molar-refractivity contribution in [1.82, 2.24) is 0 Å². The van der Waals surface area contributed by atoms with Crippen molar-refractivity contribution in [3.63, 3.8) is 0 Å². The van der Waals surface area contributed by atoms with Gasteiger partial charge in [0, 0.05) is 6.08 Å². The Morgan fingerprint density at radius 2 is 1.76 bits per heavy atom. The fraction of sp³-hybridized carbons (Fsp3) is 0.615. The molecule has 2 aliphatic carbocycles. The molecule has 3 rings (SSSR count). The highest BCUT2D eigenvalue weighted by molar-refractivity contribution is 5.72. The number of esters is 1. The lowest BCUT2D eigenvalue weighted by atomic mass is 9.78. The molecule has 0 radical (unpaired) electrons. The first-order valence-electron chi connectivity index (χ1n) is 11.5. The molecule has 1 aromatic carbocycles. The molecular weight excluding hydrogens is 358 g/mol. The number of carbonyl (C=O) groups is 1. The van der Waals surface area contributed by atoms with Crippen LogP contribution in [-0.4, -0.2) is 12.1 Å². The van der Waals surface area contributed by atoms with E-state index in [0.29, 0.717) is 11.8 Å². The number of carbonyl (C=O) groups excluding carboxylic acids is 1. The van der Waals surface area contributed by atoms with Crippen molar-refractivity contribution in [2.45, 2.75) is 89.6 Å². The molecule has 0 heterocycles. The van der Waals surface area contributed by atoms with Gasteiger partial charge in [-0.3, -0.25) is 4.79 Å². The van der Waals surface area contributed by atoms with Crippen molar-refractivity contribution in [3.05, 3.63) is 47.5 Å². The van der Waals surface area contributed by atoms with Crippen LogP contribution >= 0.6 is 0 Å².